The highest BCUT2D eigenvalue weighted by Gasteiger charge is 2.24. The van der Waals surface area contributed by atoms with Crippen LogP contribution in [0.5, 0.6) is 0 Å². The lowest BCUT2D eigenvalue weighted by molar-refractivity contribution is -0.138. The van der Waals surface area contributed by atoms with Crippen LogP contribution in [0.3, 0.4) is 0 Å². The van der Waals surface area contributed by atoms with E-state index < -0.39 is 6.09 Å². The predicted octanol–water partition coefficient (Wildman–Crippen LogP) is -0.248. The van der Waals surface area contributed by atoms with Gasteiger partial charge in [-0.25, -0.2) is 4.79 Å². The molecular formula is C13H24N2O6. The summed E-state index contributed by atoms with van der Waals surface area (Å²) in [6, 6.07) is 0. The second-order valence-electron chi connectivity index (χ2n) is 4.67. The van der Waals surface area contributed by atoms with E-state index in [2.05, 4.69) is 0 Å². The number of nitrogens with two attached hydrogens (primary N) is 1. The third-order valence-electron chi connectivity index (χ3n) is 3.11. The monoisotopic (exact) mass is 304 g/mol. The molecule has 0 atom stereocenters. The van der Waals surface area contributed by atoms with Crippen LogP contribution in [-0.2, 0) is 23.7 Å². The van der Waals surface area contributed by atoms with Crippen molar-refractivity contribution in [2.24, 2.45) is 5.73 Å². The van der Waals surface area contributed by atoms with Gasteiger partial charge in [0, 0.05) is 33.0 Å². The summed E-state index contributed by atoms with van der Waals surface area (Å²) >= 11 is 0. The van der Waals surface area contributed by atoms with Gasteiger partial charge >= 0.3 is 6.09 Å². The summed E-state index contributed by atoms with van der Waals surface area (Å²) in [7, 11) is 1.61. The second kappa shape index (κ2) is 10.4. The highest BCUT2D eigenvalue weighted by molar-refractivity contribution is 5.77. The largest absolute Gasteiger partial charge is 0.446 e. The summed E-state index contributed by atoms with van der Waals surface area (Å²) in [5, 5.41) is 0. The van der Waals surface area contributed by atoms with Gasteiger partial charge in [0.25, 0.3) is 0 Å². The number of primary amides is 1. The van der Waals surface area contributed by atoms with Crippen molar-refractivity contribution in [2.45, 2.75) is 18.9 Å². The molecule has 2 N–H and O–H groups in total. The standard InChI is InChI=1S/C13H24N2O6/c1-18-6-7-19-8-9-20-10-12(16)15-4-2-11(3-5-15)21-13(14)17/h11H,2-10H2,1H3,(H2,14,17). The van der Waals surface area contributed by atoms with Gasteiger partial charge in [-0.15, -0.1) is 0 Å². The fraction of sp³-hybridized carbons (Fsp3) is 0.846. The van der Waals surface area contributed by atoms with Gasteiger partial charge in [0.15, 0.2) is 0 Å². The summed E-state index contributed by atoms with van der Waals surface area (Å²) in [4.78, 5) is 24.2. The molecule has 1 aliphatic heterocycles. The predicted molar refractivity (Wildman–Crippen MR) is 73.8 cm³/mol. The van der Waals surface area contributed by atoms with E-state index in [-0.39, 0.29) is 18.6 Å². The molecule has 0 bridgehead atoms. The van der Waals surface area contributed by atoms with E-state index in [1.807, 2.05) is 0 Å². The van der Waals surface area contributed by atoms with E-state index in [1.165, 1.54) is 0 Å². The molecule has 0 unspecified atom stereocenters. The van der Waals surface area contributed by atoms with Gasteiger partial charge in [-0.2, -0.15) is 0 Å². The quantitative estimate of drug-likeness (QED) is 0.590. The number of methoxy groups -OCH3 is 1. The lowest BCUT2D eigenvalue weighted by atomic mass is 10.1. The fourth-order valence-corrected chi connectivity index (χ4v) is 2.00. The van der Waals surface area contributed by atoms with Gasteiger partial charge in [0.05, 0.1) is 26.4 Å². The Hall–Kier alpha value is -1.38. The van der Waals surface area contributed by atoms with E-state index in [1.54, 1.807) is 12.0 Å². The van der Waals surface area contributed by atoms with Crippen molar-refractivity contribution < 1.29 is 28.5 Å². The molecular weight excluding hydrogens is 280 g/mol. The van der Waals surface area contributed by atoms with Gasteiger partial charge in [-0.1, -0.05) is 0 Å². The normalized spacial score (nSPS) is 16.0. The molecule has 0 aromatic heterocycles. The fourth-order valence-electron chi connectivity index (χ4n) is 2.00. The molecule has 8 heteroatoms. The summed E-state index contributed by atoms with van der Waals surface area (Å²) in [6.45, 7) is 2.99. The average molecular weight is 304 g/mol. The molecule has 0 spiro atoms. The van der Waals surface area contributed by atoms with Gasteiger partial charge in [-0.3, -0.25) is 4.79 Å². The molecule has 8 nitrogen and oxygen atoms in total. The van der Waals surface area contributed by atoms with Crippen molar-refractivity contribution in [3.05, 3.63) is 0 Å². The van der Waals surface area contributed by atoms with E-state index >= 15 is 0 Å². The van der Waals surface area contributed by atoms with Crippen molar-refractivity contribution in [3.8, 4) is 0 Å². The van der Waals surface area contributed by atoms with Crippen LogP contribution in [-0.4, -0.2) is 76.2 Å². The molecule has 0 radical (unpaired) electrons. The van der Waals surface area contributed by atoms with Crippen LogP contribution in [0.2, 0.25) is 0 Å². The average Bonchev–Trinajstić information content (AvgIpc) is 2.46. The third-order valence-corrected chi connectivity index (χ3v) is 3.11. The van der Waals surface area contributed by atoms with Crippen LogP contribution in [0.25, 0.3) is 0 Å². The topological polar surface area (TPSA) is 100 Å². The summed E-state index contributed by atoms with van der Waals surface area (Å²) < 4.78 is 20.2. The number of carbonyl (C=O) groups is 2. The summed E-state index contributed by atoms with van der Waals surface area (Å²) in [5.74, 6) is -0.0654. The Morgan fingerprint density at radius 1 is 1.10 bits per heavy atom. The van der Waals surface area contributed by atoms with E-state index in [4.69, 9.17) is 24.7 Å². The minimum absolute atomic E-state index is 0.0367. The summed E-state index contributed by atoms with van der Waals surface area (Å²) in [6.07, 6.45) is 0.252. The third kappa shape index (κ3) is 7.84. The number of ether oxygens (including phenoxy) is 4. The first-order valence-corrected chi connectivity index (χ1v) is 7.01. The minimum Gasteiger partial charge on any atom is -0.446 e. The Balaban J connectivity index is 2.04. The van der Waals surface area contributed by atoms with Crippen LogP contribution in [0, 0.1) is 0 Å². The first-order valence-electron chi connectivity index (χ1n) is 7.01. The Bertz CT molecular complexity index is 318. The van der Waals surface area contributed by atoms with Crippen LogP contribution >= 0.6 is 0 Å². The second-order valence-corrected chi connectivity index (χ2v) is 4.67. The molecule has 0 aliphatic carbocycles. The highest BCUT2D eigenvalue weighted by atomic mass is 16.6. The number of likely N-dealkylation sites (tertiary alicyclic amines) is 1. The van der Waals surface area contributed by atoms with Crippen molar-refractivity contribution in [1.29, 1.82) is 0 Å². The SMILES string of the molecule is COCCOCCOCC(=O)N1CCC(OC(N)=O)CC1. The van der Waals surface area contributed by atoms with E-state index in [0.717, 1.165) is 0 Å². The van der Waals surface area contributed by atoms with Crippen molar-refractivity contribution in [1.82, 2.24) is 4.90 Å². The maximum absolute atomic E-state index is 11.9. The van der Waals surface area contributed by atoms with Gasteiger partial charge in [-0.05, 0) is 0 Å². The molecule has 1 aliphatic rings. The zero-order chi connectivity index (χ0) is 15.5. The van der Waals surface area contributed by atoms with Crippen molar-refractivity contribution >= 4 is 12.0 Å². The number of amides is 2. The Labute approximate surface area is 124 Å². The molecule has 0 saturated carbocycles. The molecule has 1 saturated heterocycles. The molecule has 1 heterocycles. The van der Waals surface area contributed by atoms with E-state index in [9.17, 15) is 9.59 Å². The van der Waals surface area contributed by atoms with Crippen LogP contribution in [0.15, 0.2) is 0 Å². The molecule has 21 heavy (non-hydrogen) atoms. The lowest BCUT2D eigenvalue weighted by Gasteiger charge is -2.31. The number of hydrogen-bond donors (Lipinski definition) is 1. The van der Waals surface area contributed by atoms with Crippen molar-refractivity contribution in [2.75, 3.05) is 53.2 Å². The number of piperidine rings is 1. The molecule has 0 aromatic carbocycles. The maximum atomic E-state index is 11.9. The van der Waals surface area contributed by atoms with Gasteiger partial charge in [0.2, 0.25) is 5.91 Å². The lowest BCUT2D eigenvalue weighted by Crippen LogP contribution is -2.43. The van der Waals surface area contributed by atoms with Crippen molar-refractivity contribution in [3.63, 3.8) is 0 Å². The summed E-state index contributed by atoms with van der Waals surface area (Å²) in [5.41, 5.74) is 4.96. The minimum atomic E-state index is -0.767. The van der Waals surface area contributed by atoms with Crippen LogP contribution in [0.1, 0.15) is 12.8 Å². The Kier molecular flexibility index (Phi) is 8.72. The number of rotatable bonds is 9. The van der Waals surface area contributed by atoms with Gasteiger partial charge < -0.3 is 29.6 Å². The number of carbonyl (C=O) groups excluding carboxylic acids is 2. The molecule has 1 fully saturated rings. The Morgan fingerprint density at radius 3 is 2.33 bits per heavy atom. The van der Waals surface area contributed by atoms with E-state index in [0.29, 0.717) is 52.4 Å². The van der Waals surface area contributed by atoms with Crippen LogP contribution < -0.4 is 5.73 Å². The van der Waals surface area contributed by atoms with Crippen LogP contribution in [0.4, 0.5) is 4.79 Å². The molecule has 2 amide bonds. The number of nitrogens with zero attached hydrogens (tertiary/aromatic N) is 1. The maximum Gasteiger partial charge on any atom is 0.404 e. The molecule has 0 aromatic rings. The first-order chi connectivity index (χ1) is 10.1. The molecule has 122 valence electrons. The highest BCUT2D eigenvalue weighted by Crippen LogP contribution is 2.13. The smallest absolute Gasteiger partial charge is 0.404 e. The first kappa shape index (κ1) is 17.7. The zero-order valence-electron chi connectivity index (χ0n) is 12.4. The molecule has 1 rings (SSSR count). The zero-order valence-corrected chi connectivity index (χ0v) is 12.4. The Morgan fingerprint density at radius 2 is 1.71 bits per heavy atom. The van der Waals surface area contributed by atoms with Gasteiger partial charge in [0.1, 0.15) is 12.7 Å². The number of hydrogen-bond acceptors (Lipinski definition) is 6.